The van der Waals surface area contributed by atoms with Gasteiger partial charge in [0.15, 0.2) is 0 Å². The summed E-state index contributed by atoms with van der Waals surface area (Å²) in [6, 6.07) is 15.1. The van der Waals surface area contributed by atoms with E-state index in [4.69, 9.17) is 0 Å². The fourth-order valence-corrected chi connectivity index (χ4v) is 3.31. The molecule has 2 rings (SSSR count). The molecule has 75 valence electrons. The van der Waals surface area contributed by atoms with Gasteiger partial charge in [0, 0.05) is 0 Å². The van der Waals surface area contributed by atoms with Crippen molar-refractivity contribution in [1.82, 2.24) is 0 Å². The van der Waals surface area contributed by atoms with Gasteiger partial charge in [0.25, 0.3) is 0 Å². The molecule has 3 heteroatoms. The predicted octanol–water partition coefficient (Wildman–Crippen LogP) is 0.753. The molecule has 0 aliphatic carbocycles. The van der Waals surface area contributed by atoms with Crippen LogP contribution in [0, 0.1) is 0 Å². The number of rotatable bonds is 2. The predicted molar refractivity (Wildman–Crippen MR) is 61.2 cm³/mol. The van der Waals surface area contributed by atoms with E-state index in [1.807, 2.05) is 36.4 Å². The van der Waals surface area contributed by atoms with Gasteiger partial charge < -0.3 is 0 Å². The Bertz CT molecular complexity index is 454. The monoisotopic (exact) mass is 261 g/mol. The first-order valence-corrected chi connectivity index (χ1v) is 6.43. The Hall–Kier alpha value is -1.40. The van der Waals surface area contributed by atoms with Crippen LogP contribution in [-0.2, 0) is 0 Å². The summed E-state index contributed by atoms with van der Waals surface area (Å²) in [5, 5.41) is 19.0. The van der Waals surface area contributed by atoms with E-state index in [0.717, 1.165) is 4.35 Å². The Morgan fingerprint density at radius 2 is 1.53 bits per heavy atom. The topological polar surface area (TPSA) is 40.5 Å². The van der Waals surface area contributed by atoms with Gasteiger partial charge in [0.2, 0.25) is 0 Å². The third kappa shape index (κ3) is 2.34. The first-order valence-electron chi connectivity index (χ1n) is 4.55. The fraction of sp³-hybridized carbons (Fsp3) is 0. The van der Waals surface area contributed by atoms with Gasteiger partial charge in [-0.2, -0.15) is 0 Å². The number of benzene rings is 2. The van der Waals surface area contributed by atoms with Crippen LogP contribution in [0.4, 0.5) is 0 Å². The Labute approximate surface area is 94.9 Å². The molecular weight excluding hydrogens is 251 g/mol. The molecule has 0 fully saturated rings. The van der Waals surface area contributed by atoms with Crippen LogP contribution >= 0.6 is 0 Å². The quantitative estimate of drug-likeness (QED) is 0.618. The van der Waals surface area contributed by atoms with Gasteiger partial charge in [0.05, 0.1) is 0 Å². The van der Waals surface area contributed by atoms with Crippen LogP contribution in [0.25, 0.3) is 0 Å². The van der Waals surface area contributed by atoms with Crippen LogP contribution in [-0.4, -0.2) is 26.0 Å². The molecule has 0 saturated heterocycles. The van der Waals surface area contributed by atoms with E-state index in [2.05, 4.69) is 0 Å². The van der Waals surface area contributed by atoms with E-state index in [1.165, 1.54) is 10.4 Å². The average Bonchev–Trinajstić information content (AvgIpc) is 2.26. The summed E-state index contributed by atoms with van der Waals surface area (Å²) in [6.07, 6.45) is 0. The molecule has 1 radical (unpaired) electrons. The first-order chi connectivity index (χ1) is 7.27. The molecule has 0 amide bonds. The van der Waals surface area contributed by atoms with Crippen LogP contribution in [0.2, 0.25) is 0 Å². The number of phenols is 2. The summed E-state index contributed by atoms with van der Waals surface area (Å²) in [6.45, 7) is 0. The molecule has 0 unspecified atom stereocenters. The minimum atomic E-state index is -0.265. The molecule has 0 heterocycles. The van der Waals surface area contributed by atoms with Gasteiger partial charge in [0.1, 0.15) is 0 Å². The van der Waals surface area contributed by atoms with Crippen LogP contribution < -0.4 is 8.70 Å². The van der Waals surface area contributed by atoms with Crippen molar-refractivity contribution in [2.45, 2.75) is 0 Å². The summed E-state index contributed by atoms with van der Waals surface area (Å²) < 4.78 is 2.03. The van der Waals surface area contributed by atoms with Gasteiger partial charge in [-0.15, -0.1) is 0 Å². The SMILES string of the molecule is Oc1cccc([As]c2ccccc2)c1O. The average molecular weight is 261 g/mol. The van der Waals surface area contributed by atoms with E-state index in [-0.39, 0.29) is 27.3 Å². The van der Waals surface area contributed by atoms with Crippen molar-refractivity contribution < 1.29 is 10.2 Å². The molecular formula is C12H10AsO2. The van der Waals surface area contributed by atoms with Crippen LogP contribution in [0.5, 0.6) is 11.5 Å². The number of aromatic hydroxyl groups is 2. The third-order valence-corrected chi connectivity index (χ3v) is 4.43. The van der Waals surface area contributed by atoms with Crippen molar-refractivity contribution in [3.05, 3.63) is 48.5 Å². The van der Waals surface area contributed by atoms with Gasteiger partial charge in [-0.25, -0.2) is 0 Å². The first kappa shape index (κ1) is 10.1. The molecule has 0 atom stereocenters. The number of hydrogen-bond donors (Lipinski definition) is 2. The standard InChI is InChI=1S/C12H10AsO2/c14-11-8-4-7-10(12(11)15)13-9-5-2-1-3-6-9/h1-8,14-15H. The van der Waals surface area contributed by atoms with E-state index in [9.17, 15) is 10.2 Å². The number of hydrogen-bond acceptors (Lipinski definition) is 2. The summed E-state index contributed by atoms with van der Waals surface area (Å²) in [5.74, 6) is -0.0277. The molecule has 2 aromatic rings. The Morgan fingerprint density at radius 3 is 2.27 bits per heavy atom. The molecule has 0 saturated carbocycles. The van der Waals surface area contributed by atoms with Gasteiger partial charge in [-0.05, 0) is 0 Å². The second kappa shape index (κ2) is 4.41. The summed E-state index contributed by atoms with van der Waals surface area (Å²) in [5.41, 5.74) is 0. The normalized spacial score (nSPS) is 10.9. The van der Waals surface area contributed by atoms with Gasteiger partial charge in [-0.1, -0.05) is 0 Å². The Morgan fingerprint density at radius 1 is 0.800 bits per heavy atom. The Kier molecular flexibility index (Phi) is 2.98. The van der Waals surface area contributed by atoms with E-state index >= 15 is 0 Å². The number of para-hydroxylation sites is 1. The maximum atomic E-state index is 9.63. The van der Waals surface area contributed by atoms with Crippen LogP contribution in [0.3, 0.4) is 0 Å². The molecule has 0 spiro atoms. The van der Waals surface area contributed by atoms with E-state index in [0.29, 0.717) is 0 Å². The minimum absolute atomic E-state index is 0.0151. The summed E-state index contributed by atoms with van der Waals surface area (Å²) >= 11 is -0.265. The van der Waals surface area contributed by atoms with Crippen molar-refractivity contribution >= 4 is 24.5 Å². The summed E-state index contributed by atoms with van der Waals surface area (Å²) in [7, 11) is 0. The van der Waals surface area contributed by atoms with E-state index < -0.39 is 0 Å². The molecule has 2 aromatic carbocycles. The molecule has 0 aliphatic rings. The molecule has 2 nitrogen and oxygen atoms in total. The third-order valence-electron chi connectivity index (χ3n) is 2.00. The molecule has 0 aromatic heterocycles. The van der Waals surface area contributed by atoms with Gasteiger partial charge >= 0.3 is 94.7 Å². The maximum absolute atomic E-state index is 9.63. The van der Waals surface area contributed by atoms with Crippen molar-refractivity contribution in [2.24, 2.45) is 0 Å². The molecule has 15 heavy (non-hydrogen) atoms. The van der Waals surface area contributed by atoms with Crippen LogP contribution in [0.15, 0.2) is 48.5 Å². The fourth-order valence-electron chi connectivity index (χ4n) is 1.25. The Balaban J connectivity index is 2.29. The zero-order valence-corrected chi connectivity index (χ0v) is 9.84. The second-order valence-corrected chi connectivity index (χ2v) is 5.66. The van der Waals surface area contributed by atoms with Crippen LogP contribution in [0.1, 0.15) is 0 Å². The summed E-state index contributed by atoms with van der Waals surface area (Å²) in [4.78, 5) is 0. The van der Waals surface area contributed by atoms with Crippen molar-refractivity contribution in [3.63, 3.8) is 0 Å². The second-order valence-electron chi connectivity index (χ2n) is 3.09. The molecule has 0 aliphatic heterocycles. The van der Waals surface area contributed by atoms with Gasteiger partial charge in [-0.3, -0.25) is 0 Å². The molecule has 2 N–H and O–H groups in total. The van der Waals surface area contributed by atoms with Crippen molar-refractivity contribution in [2.75, 3.05) is 0 Å². The number of phenolic OH excluding ortho intramolecular Hbond substituents is 2. The zero-order valence-electron chi connectivity index (χ0n) is 7.96. The van der Waals surface area contributed by atoms with Crippen molar-refractivity contribution in [1.29, 1.82) is 0 Å². The zero-order chi connectivity index (χ0) is 10.7. The molecule has 0 bridgehead atoms. The van der Waals surface area contributed by atoms with Crippen molar-refractivity contribution in [3.8, 4) is 11.5 Å². The van der Waals surface area contributed by atoms with E-state index in [1.54, 1.807) is 6.07 Å².